The minimum Gasteiger partial charge on any atom is -0.254 e. The van der Waals surface area contributed by atoms with Gasteiger partial charge in [0.25, 0.3) is 0 Å². The van der Waals surface area contributed by atoms with E-state index in [0.717, 1.165) is 121 Å². The second-order valence-corrected chi connectivity index (χ2v) is 33.7. The third kappa shape index (κ3) is 12.3. The summed E-state index contributed by atoms with van der Waals surface area (Å²) in [6, 6.07) is 118. The van der Waals surface area contributed by atoms with E-state index in [1.54, 1.807) is 47.2 Å². The van der Waals surface area contributed by atoms with Gasteiger partial charge in [-0.2, -0.15) is 0 Å². The van der Waals surface area contributed by atoms with Crippen molar-refractivity contribution in [3.05, 3.63) is 437 Å². The predicted molar refractivity (Wildman–Crippen MR) is 540 cm³/mol. The predicted octanol–water partition coefficient (Wildman–Crippen LogP) is 33.9. The van der Waals surface area contributed by atoms with Crippen molar-refractivity contribution in [2.24, 2.45) is 0 Å². The molecule has 0 aliphatic carbocycles. The summed E-state index contributed by atoms with van der Waals surface area (Å²) in [5.41, 5.74) is 17.9. The molecule has 0 saturated heterocycles. The molecule has 0 aliphatic heterocycles. The van der Waals surface area contributed by atoms with Gasteiger partial charge in [0.2, 0.25) is 0 Å². The van der Waals surface area contributed by atoms with Crippen LogP contribution in [-0.4, -0.2) is 19.9 Å². The van der Waals surface area contributed by atoms with Crippen molar-refractivity contribution in [2.75, 3.05) is 0 Å². The van der Waals surface area contributed by atoms with Crippen LogP contribution in [0.5, 0.6) is 0 Å². The molecule has 25 aromatic rings. The Morgan fingerprint density at radius 1 is 0.246 bits per heavy atom. The van der Waals surface area contributed by atoms with Crippen molar-refractivity contribution >= 4 is 154 Å². The fourth-order valence-electron chi connectivity index (χ4n) is 18.9. The minimum absolute atomic E-state index is 0.0868. The van der Waals surface area contributed by atoms with Gasteiger partial charge in [0, 0.05) is 98.0 Å². The third-order valence-electron chi connectivity index (χ3n) is 24.7. The maximum Gasteiger partial charge on any atom is 0.0972 e. The average molecular weight is 1650 g/mol. The number of hydrogen-bond donors (Lipinski definition) is 0. The highest BCUT2D eigenvalue weighted by Gasteiger charge is 2.29. The lowest BCUT2D eigenvalue weighted by molar-refractivity contribution is 1.36. The summed E-state index contributed by atoms with van der Waals surface area (Å²) in [4.78, 5) is 23.6. The van der Waals surface area contributed by atoms with Crippen LogP contribution in [0.1, 0.15) is 27.6 Å². The van der Waals surface area contributed by atoms with Crippen LogP contribution < -0.4 is 0 Å². The molecule has 6 heterocycles. The van der Waals surface area contributed by atoms with Crippen molar-refractivity contribution in [1.82, 2.24) is 19.9 Å². The summed E-state index contributed by atoms with van der Waals surface area (Å²) in [7, 11) is 0. The monoisotopic (exact) mass is 1650 g/mol. The van der Waals surface area contributed by atoms with Crippen LogP contribution in [-0.2, 0) is 0 Å². The van der Waals surface area contributed by atoms with E-state index in [1.807, 2.05) is 127 Å². The van der Waals surface area contributed by atoms with Crippen LogP contribution in [0.3, 0.4) is 0 Å². The Morgan fingerprint density at radius 3 is 1.10 bits per heavy atom. The van der Waals surface area contributed by atoms with Gasteiger partial charge in [-0.25, -0.2) is 9.97 Å². The molecule has 25 rings (SSSR count). The molecule has 0 N–H and O–H groups in total. The average Bonchev–Trinajstić information content (AvgIpc) is 1.42. The Kier molecular flexibility index (Phi) is 15.1. The normalized spacial score (nSPS) is 13.4. The number of hydrogen-bond acceptors (Lipinski definition) is 6. The van der Waals surface area contributed by atoms with Crippen LogP contribution in [0.25, 0.3) is 262 Å². The van der Waals surface area contributed by atoms with E-state index in [4.69, 9.17) is 15.5 Å². The van der Waals surface area contributed by atoms with Crippen LogP contribution in [0.2, 0.25) is 0 Å². The van der Waals surface area contributed by atoms with Crippen molar-refractivity contribution in [3.8, 4) is 131 Å². The zero-order valence-corrected chi connectivity index (χ0v) is 69.0. The molecule has 0 unspecified atom stereocenters. The molecule has 6 heteroatoms. The van der Waals surface area contributed by atoms with Gasteiger partial charge in [0.05, 0.1) is 49.9 Å². The molecule has 19 aromatic carbocycles. The summed E-state index contributed by atoms with van der Waals surface area (Å²) in [5.74, 6) is 0. The summed E-state index contributed by atoms with van der Waals surface area (Å²) >= 11 is 3.49. The fraction of sp³-hybridized carbons (Fsp3) is 0. The molecule has 4 nitrogen and oxygen atoms in total. The van der Waals surface area contributed by atoms with Gasteiger partial charge in [-0.1, -0.05) is 395 Å². The van der Waals surface area contributed by atoms with Crippen molar-refractivity contribution < 1.29 is 16.4 Å². The zero-order valence-electron chi connectivity index (χ0n) is 79.4. The van der Waals surface area contributed by atoms with Gasteiger partial charge in [-0.3, -0.25) is 9.97 Å². The van der Waals surface area contributed by atoms with E-state index in [9.17, 15) is 11.0 Å². The van der Waals surface area contributed by atoms with E-state index in [2.05, 4.69) is 222 Å². The zero-order chi connectivity index (χ0) is 93.6. The number of benzene rings is 19. The van der Waals surface area contributed by atoms with E-state index >= 15 is 0 Å². The first-order chi connectivity index (χ1) is 67.6. The lowest BCUT2D eigenvalue weighted by Crippen LogP contribution is -1.95. The summed E-state index contributed by atoms with van der Waals surface area (Å²) in [6.45, 7) is 1.77. The highest BCUT2D eigenvalue weighted by molar-refractivity contribution is 7.20. The second-order valence-electron chi connectivity index (χ2n) is 31.7. The molecule has 0 spiro atoms. The first kappa shape index (κ1) is 62.2. The number of rotatable bonds is 14. The standard InChI is InChI=1S/C60H36N2S.C60H38N2S/c1-3-11-38(12-4-1)56-55(59(45-13-5-2-6-14-45)63-60(56)51-32-29-41-25-24-39-15-9-16-40-28-31-50(51)54(41)53(39)40)42-22-20-37(21-23-42)46-33-34-49(48-19-8-7-18-47(46)48)52-35-30-44-27-26-43-17-10-36-61-57(43)58(44)62-52;1-3-46-47(4-2)49(52-34-29-43-26-25-42-22-13-35-61-57(42)58(43)62-52)33-32-48(46)44-20-12-21-45(36-44)59-55(37-14-7-5-8-15-37)56(38-16-9-6-10-17-38)60(63-59)51-31-28-41-24-23-39-18-11-19-40-27-30-50(51)54(41)53(39)40/h1-36H;3-36H,1-2H2/i7D,8D,18D,19D,33D,34D;1D,2D,3D,4D,32D,33D. The smallest absolute Gasteiger partial charge is 0.0972 e. The number of nitrogens with zero attached hydrogens (tertiary/aromatic N) is 4. The molecule has 0 radical (unpaired) electrons. The molecule has 0 saturated carbocycles. The molecular formula is C120H74N4S2. The Balaban J connectivity index is 0.000000150. The minimum atomic E-state index is -0.417. The van der Waals surface area contributed by atoms with E-state index in [0.29, 0.717) is 44.6 Å². The quantitative estimate of drug-likeness (QED) is 0.102. The van der Waals surface area contributed by atoms with Crippen LogP contribution >= 0.6 is 22.7 Å². The third-order valence-corrected chi connectivity index (χ3v) is 27.2. The molecule has 0 fully saturated rings. The molecule has 0 aliphatic rings. The Labute approximate surface area is 753 Å². The number of aromatic nitrogens is 4. The van der Waals surface area contributed by atoms with E-state index in [1.165, 1.54) is 64.6 Å². The van der Waals surface area contributed by atoms with Gasteiger partial charge in [-0.15, -0.1) is 22.7 Å². The highest BCUT2D eigenvalue weighted by atomic mass is 32.1. The van der Waals surface area contributed by atoms with Crippen molar-refractivity contribution in [3.63, 3.8) is 0 Å². The second kappa shape index (κ2) is 30.6. The Bertz CT molecular complexity index is 9390. The van der Waals surface area contributed by atoms with Crippen molar-refractivity contribution in [2.45, 2.75) is 0 Å². The van der Waals surface area contributed by atoms with Gasteiger partial charge < -0.3 is 0 Å². The SMILES string of the molecule is [2H]C=C([2H])c1c(C([2H])=C[2H])c(-c2ccc3ccc4cccnc4c3n2)c([2H])c([2H])c1-c1cccc(-c2sc(-c3ccc4ccc5cccc6ccc3c4c56)c(-c3ccccc3)c2-c2ccccc2)c1.[2H]c1c([2H])c([2H])c2c(-c3ccc4ccc5cccnc5c4n3)c([2H])c([2H])c(-c3ccc(-c4c(-c5ccccc5)sc(-c5ccc6ccc7cccc8ccc5c6c78)c4-c4ccccc4)cc3)c2c1[2H]. The molecule has 586 valence electrons. The maximum atomic E-state index is 9.78. The Morgan fingerprint density at radius 2 is 0.595 bits per heavy atom. The number of thiophene rings is 2. The first-order valence-electron chi connectivity index (χ1n) is 47.9. The molecule has 126 heavy (non-hydrogen) atoms. The number of pyridine rings is 4. The maximum absolute atomic E-state index is 9.78. The van der Waals surface area contributed by atoms with E-state index in [-0.39, 0.29) is 92.5 Å². The van der Waals surface area contributed by atoms with Gasteiger partial charge >= 0.3 is 0 Å². The highest BCUT2D eigenvalue weighted by Crippen LogP contribution is 2.57. The summed E-state index contributed by atoms with van der Waals surface area (Å²) in [6.07, 6.45) is 3.40. The van der Waals surface area contributed by atoms with Gasteiger partial charge in [-0.05, 0) is 173 Å². The van der Waals surface area contributed by atoms with Crippen LogP contribution in [0.15, 0.2) is 426 Å². The van der Waals surface area contributed by atoms with Gasteiger partial charge in [0.1, 0.15) is 0 Å². The lowest BCUT2D eigenvalue weighted by atomic mass is 9.87. The molecule has 0 amide bonds. The number of fused-ring (bicyclic) bond motifs is 7. The first-order valence-corrected chi connectivity index (χ1v) is 43.4. The molecular weight excluding hydrogens is 1560 g/mol. The molecule has 0 bridgehead atoms. The van der Waals surface area contributed by atoms with Crippen LogP contribution in [0.4, 0.5) is 0 Å². The van der Waals surface area contributed by atoms with E-state index < -0.39 is 12.1 Å². The fourth-order valence-corrected chi connectivity index (χ4v) is 21.7. The molecule has 0 atom stereocenters. The van der Waals surface area contributed by atoms with Gasteiger partial charge in [0.15, 0.2) is 0 Å². The molecule has 6 aromatic heterocycles. The Hall–Kier alpha value is -16.0. The van der Waals surface area contributed by atoms with Crippen LogP contribution in [0, 0.1) is 0 Å². The summed E-state index contributed by atoms with van der Waals surface area (Å²) in [5, 5.41) is 18.3. The summed E-state index contributed by atoms with van der Waals surface area (Å²) < 4.78 is 110. The van der Waals surface area contributed by atoms with Crippen molar-refractivity contribution in [1.29, 1.82) is 0 Å². The lowest BCUT2D eigenvalue weighted by Gasteiger charge is -2.16. The topological polar surface area (TPSA) is 51.6 Å². The largest absolute Gasteiger partial charge is 0.254 e.